The van der Waals surface area contributed by atoms with Crippen molar-refractivity contribution in [2.75, 3.05) is 38.2 Å². The summed E-state index contributed by atoms with van der Waals surface area (Å²) >= 11 is 0. The molecule has 0 radical (unpaired) electrons. The number of hydrogen-bond acceptors (Lipinski definition) is 11. The molecule has 1 unspecified atom stereocenters. The maximum Gasteiger partial charge on any atom is 0.340 e. The van der Waals surface area contributed by atoms with Crippen molar-refractivity contribution in [2.24, 2.45) is 0 Å². The summed E-state index contributed by atoms with van der Waals surface area (Å²) in [6.45, 7) is 5.51. The number of nitro groups is 2. The van der Waals surface area contributed by atoms with Crippen LogP contribution in [0, 0.1) is 27.2 Å². The van der Waals surface area contributed by atoms with Crippen LogP contribution in [0.2, 0.25) is 0 Å². The Kier molecular flexibility index (Phi) is 6.92. The van der Waals surface area contributed by atoms with E-state index in [1.54, 1.807) is 4.90 Å². The fourth-order valence-electron chi connectivity index (χ4n) is 4.16. The van der Waals surface area contributed by atoms with Crippen LogP contribution in [0.3, 0.4) is 0 Å². The molecule has 36 heavy (non-hydrogen) atoms. The van der Waals surface area contributed by atoms with Crippen LogP contribution in [-0.4, -0.2) is 64.1 Å². The Morgan fingerprint density at radius 1 is 1.08 bits per heavy atom. The molecule has 0 aliphatic carbocycles. The number of esters is 1. The molecule has 13 nitrogen and oxygen atoms in total. The minimum atomic E-state index is -0.887. The SMILES string of the molecule is COC(=O)c1cc([N+](=O)[O-])cc([N+](=O)[O-])c1N1CCN(C(C)c2nc(-c3ccc(C)cc3)no2)CC1. The van der Waals surface area contributed by atoms with E-state index in [0.29, 0.717) is 37.9 Å². The van der Waals surface area contributed by atoms with Crippen molar-refractivity contribution < 1.29 is 23.9 Å². The molecular formula is C23H24N6O7. The van der Waals surface area contributed by atoms with Crippen molar-refractivity contribution in [3.05, 3.63) is 73.6 Å². The molecule has 1 aliphatic rings. The summed E-state index contributed by atoms with van der Waals surface area (Å²) in [4.78, 5) is 42.2. The second-order valence-corrected chi connectivity index (χ2v) is 8.39. The number of hydrogen-bond donors (Lipinski definition) is 0. The number of nitro benzene ring substituents is 2. The van der Waals surface area contributed by atoms with Crippen molar-refractivity contribution in [1.82, 2.24) is 15.0 Å². The molecule has 0 amide bonds. The second-order valence-electron chi connectivity index (χ2n) is 8.39. The zero-order valence-electron chi connectivity index (χ0n) is 19.9. The van der Waals surface area contributed by atoms with Gasteiger partial charge in [0.05, 0.1) is 34.6 Å². The van der Waals surface area contributed by atoms with Gasteiger partial charge in [-0.25, -0.2) is 4.79 Å². The summed E-state index contributed by atoms with van der Waals surface area (Å²) in [5.74, 6) is 0.0393. The monoisotopic (exact) mass is 496 g/mol. The maximum atomic E-state index is 12.4. The average Bonchev–Trinajstić information content (AvgIpc) is 3.37. The van der Waals surface area contributed by atoms with Crippen molar-refractivity contribution in [3.63, 3.8) is 0 Å². The lowest BCUT2D eigenvalue weighted by Gasteiger charge is -2.38. The van der Waals surface area contributed by atoms with E-state index in [1.807, 2.05) is 38.1 Å². The predicted molar refractivity (Wildman–Crippen MR) is 128 cm³/mol. The Bertz CT molecular complexity index is 1300. The first-order chi connectivity index (χ1) is 17.2. The summed E-state index contributed by atoms with van der Waals surface area (Å²) in [6, 6.07) is 9.43. The zero-order valence-corrected chi connectivity index (χ0v) is 19.9. The van der Waals surface area contributed by atoms with E-state index in [9.17, 15) is 25.0 Å². The van der Waals surface area contributed by atoms with Crippen LogP contribution in [0.25, 0.3) is 11.4 Å². The summed E-state index contributed by atoms with van der Waals surface area (Å²) in [5.41, 5.74) is 0.666. The first-order valence-corrected chi connectivity index (χ1v) is 11.1. The van der Waals surface area contributed by atoms with Crippen LogP contribution in [0.15, 0.2) is 40.9 Å². The zero-order chi connectivity index (χ0) is 26.0. The molecule has 0 saturated carbocycles. The fourth-order valence-corrected chi connectivity index (χ4v) is 4.16. The van der Waals surface area contributed by atoms with E-state index in [0.717, 1.165) is 30.4 Å². The van der Waals surface area contributed by atoms with Gasteiger partial charge in [0.2, 0.25) is 11.7 Å². The lowest BCUT2D eigenvalue weighted by atomic mass is 10.1. The standard InChI is InChI=1S/C23H24N6O7/c1-14-4-6-16(7-5-14)21-24-22(36-25-21)15(2)26-8-10-27(11-9-26)20-18(23(30)35-3)12-17(28(31)32)13-19(20)29(33)34/h4-7,12-13,15H,8-11H2,1-3H3. The maximum absolute atomic E-state index is 12.4. The molecule has 3 aromatic rings. The Hall–Kier alpha value is -4.39. The lowest BCUT2D eigenvalue weighted by molar-refractivity contribution is -0.393. The molecule has 2 heterocycles. The van der Waals surface area contributed by atoms with E-state index in [1.165, 1.54) is 0 Å². The number of aromatic nitrogens is 2. The van der Waals surface area contributed by atoms with Crippen LogP contribution in [0.1, 0.15) is 34.8 Å². The molecule has 0 bridgehead atoms. The van der Waals surface area contributed by atoms with E-state index < -0.39 is 27.2 Å². The number of rotatable bonds is 7. The molecule has 1 atom stereocenters. The second kappa shape index (κ2) is 10.1. The smallest absolute Gasteiger partial charge is 0.340 e. The molecule has 13 heteroatoms. The van der Waals surface area contributed by atoms with Gasteiger partial charge in [-0.15, -0.1) is 0 Å². The highest BCUT2D eigenvalue weighted by Crippen LogP contribution is 2.37. The van der Waals surface area contributed by atoms with Gasteiger partial charge in [0.1, 0.15) is 5.69 Å². The number of piperazine rings is 1. The van der Waals surface area contributed by atoms with Gasteiger partial charge >= 0.3 is 5.97 Å². The van der Waals surface area contributed by atoms with Crippen molar-refractivity contribution in [2.45, 2.75) is 19.9 Å². The summed E-state index contributed by atoms with van der Waals surface area (Å²) in [7, 11) is 1.12. The summed E-state index contributed by atoms with van der Waals surface area (Å²) in [5, 5.41) is 27.1. The topological polar surface area (TPSA) is 158 Å². The third-order valence-corrected chi connectivity index (χ3v) is 6.17. The van der Waals surface area contributed by atoms with Crippen LogP contribution in [0.4, 0.5) is 17.1 Å². The molecular weight excluding hydrogens is 472 g/mol. The normalized spacial score (nSPS) is 14.9. The molecule has 0 spiro atoms. The number of non-ortho nitro benzene ring substituents is 1. The molecule has 1 saturated heterocycles. The van der Waals surface area contributed by atoms with Gasteiger partial charge in [-0.2, -0.15) is 4.98 Å². The van der Waals surface area contributed by atoms with Gasteiger partial charge in [0.15, 0.2) is 0 Å². The predicted octanol–water partition coefficient (Wildman–Crippen LogP) is 3.53. The van der Waals surface area contributed by atoms with E-state index in [4.69, 9.17) is 9.26 Å². The first-order valence-electron chi connectivity index (χ1n) is 11.1. The van der Waals surface area contributed by atoms with Gasteiger partial charge < -0.3 is 14.2 Å². The lowest BCUT2D eigenvalue weighted by Crippen LogP contribution is -2.47. The highest BCUT2D eigenvalue weighted by molar-refractivity contribution is 5.99. The molecule has 2 aromatic carbocycles. The average molecular weight is 496 g/mol. The van der Waals surface area contributed by atoms with Crippen molar-refractivity contribution in [1.29, 1.82) is 0 Å². The number of aryl methyl sites for hydroxylation is 1. The largest absolute Gasteiger partial charge is 0.465 e. The van der Waals surface area contributed by atoms with Gasteiger partial charge in [-0.3, -0.25) is 25.1 Å². The highest BCUT2D eigenvalue weighted by Gasteiger charge is 2.34. The number of methoxy groups -OCH3 is 1. The molecule has 1 fully saturated rings. The minimum absolute atomic E-state index is 0.00389. The third-order valence-electron chi connectivity index (χ3n) is 6.17. The molecule has 1 aromatic heterocycles. The third kappa shape index (κ3) is 4.86. The van der Waals surface area contributed by atoms with Gasteiger partial charge in [0.25, 0.3) is 11.4 Å². The summed E-state index contributed by atoms with van der Waals surface area (Å²) < 4.78 is 10.2. The number of carbonyl (C=O) groups is 1. The number of anilines is 1. The van der Waals surface area contributed by atoms with Crippen molar-refractivity contribution >= 4 is 23.0 Å². The highest BCUT2D eigenvalue weighted by atomic mass is 16.6. The number of benzene rings is 2. The van der Waals surface area contributed by atoms with Gasteiger partial charge in [-0.05, 0) is 13.8 Å². The first kappa shape index (κ1) is 24.7. The van der Waals surface area contributed by atoms with E-state index in [2.05, 4.69) is 15.0 Å². The van der Waals surface area contributed by atoms with Crippen LogP contribution >= 0.6 is 0 Å². The van der Waals surface area contributed by atoms with Gasteiger partial charge in [0, 0.05) is 37.8 Å². The Morgan fingerprint density at radius 3 is 2.33 bits per heavy atom. The minimum Gasteiger partial charge on any atom is -0.465 e. The Morgan fingerprint density at radius 2 is 1.75 bits per heavy atom. The molecule has 1 aliphatic heterocycles. The summed E-state index contributed by atoms with van der Waals surface area (Å²) in [6.07, 6.45) is 0. The molecule has 188 valence electrons. The fraction of sp³-hybridized carbons (Fsp3) is 0.348. The number of nitrogens with zero attached hydrogens (tertiary/aromatic N) is 6. The number of ether oxygens (including phenoxy) is 1. The quantitative estimate of drug-likeness (QED) is 0.267. The van der Waals surface area contributed by atoms with E-state index in [-0.39, 0.29) is 17.3 Å². The Balaban J connectivity index is 1.54. The van der Waals surface area contributed by atoms with Gasteiger partial charge in [-0.1, -0.05) is 35.0 Å². The number of carbonyl (C=O) groups excluding carboxylic acids is 1. The molecule has 0 N–H and O–H groups in total. The Labute approximate surface area is 205 Å². The van der Waals surface area contributed by atoms with Crippen molar-refractivity contribution in [3.8, 4) is 11.4 Å². The van der Waals surface area contributed by atoms with E-state index >= 15 is 0 Å². The van der Waals surface area contributed by atoms with Crippen LogP contribution in [-0.2, 0) is 4.74 Å². The van der Waals surface area contributed by atoms with Crippen LogP contribution < -0.4 is 4.90 Å². The molecule has 4 rings (SSSR count). The van der Waals surface area contributed by atoms with Crippen LogP contribution in [0.5, 0.6) is 0 Å².